The maximum atomic E-state index is 3.52. The second kappa shape index (κ2) is 4.23. The lowest BCUT2D eigenvalue weighted by atomic mass is 9.44. The molecule has 4 bridgehead atoms. The summed E-state index contributed by atoms with van der Waals surface area (Å²) in [5.74, 6) is 4.23. The summed E-state index contributed by atoms with van der Waals surface area (Å²) in [4.78, 5) is 0. The molecule has 0 radical (unpaired) electrons. The molecule has 0 aromatic carbocycles. The molecule has 2 unspecified atom stereocenters. The van der Waals surface area contributed by atoms with Gasteiger partial charge in [0.1, 0.15) is 0 Å². The van der Waals surface area contributed by atoms with E-state index in [4.69, 9.17) is 0 Å². The lowest BCUT2D eigenvalue weighted by molar-refractivity contribution is -0.104. The molecule has 4 fully saturated rings. The van der Waals surface area contributed by atoms with E-state index in [1.165, 1.54) is 12.8 Å². The third kappa shape index (κ3) is 2.03. The van der Waals surface area contributed by atoms with Gasteiger partial charge in [-0.1, -0.05) is 13.3 Å². The van der Waals surface area contributed by atoms with Crippen molar-refractivity contribution in [2.45, 2.75) is 71.3 Å². The van der Waals surface area contributed by atoms with Crippen LogP contribution >= 0.6 is 0 Å². The molecule has 0 heterocycles. The Kier molecular flexibility index (Phi) is 3.05. The highest BCUT2D eigenvalue weighted by molar-refractivity contribution is 5.05. The van der Waals surface area contributed by atoms with E-state index in [1.54, 1.807) is 32.1 Å². The zero-order chi connectivity index (χ0) is 13.0. The Morgan fingerprint density at radius 3 is 2.22 bits per heavy atom. The molecule has 4 aliphatic rings. The first kappa shape index (κ1) is 13.0. The SMILES string of the molecule is CCC12CC3CC(C1)C(CC(C)(C)NC)C(C3)C2. The van der Waals surface area contributed by atoms with Gasteiger partial charge >= 0.3 is 0 Å². The van der Waals surface area contributed by atoms with Crippen molar-refractivity contribution in [2.24, 2.45) is 29.1 Å². The predicted molar refractivity (Wildman–Crippen MR) is 77.5 cm³/mol. The molecule has 4 saturated carbocycles. The molecule has 1 N–H and O–H groups in total. The summed E-state index contributed by atoms with van der Waals surface area (Å²) in [6.45, 7) is 7.21. The van der Waals surface area contributed by atoms with Crippen LogP contribution in [0.2, 0.25) is 0 Å². The van der Waals surface area contributed by atoms with Gasteiger partial charge in [0.25, 0.3) is 0 Å². The summed E-state index contributed by atoms with van der Waals surface area (Å²) in [6, 6.07) is 0. The summed E-state index contributed by atoms with van der Waals surface area (Å²) >= 11 is 0. The third-order valence-electron chi connectivity index (χ3n) is 6.77. The Labute approximate surface area is 113 Å². The van der Waals surface area contributed by atoms with E-state index < -0.39 is 0 Å². The molecular formula is C17H31N. The normalized spacial score (nSPS) is 46.7. The highest BCUT2D eigenvalue weighted by atomic mass is 14.9. The van der Waals surface area contributed by atoms with Crippen molar-refractivity contribution in [1.29, 1.82) is 0 Å². The van der Waals surface area contributed by atoms with Gasteiger partial charge < -0.3 is 5.32 Å². The average Bonchev–Trinajstić information content (AvgIpc) is 2.33. The van der Waals surface area contributed by atoms with E-state index in [2.05, 4.69) is 33.1 Å². The van der Waals surface area contributed by atoms with Crippen LogP contribution in [-0.4, -0.2) is 12.6 Å². The maximum absolute atomic E-state index is 3.52. The molecule has 104 valence electrons. The molecule has 4 rings (SSSR count). The first-order valence-corrected chi connectivity index (χ1v) is 8.16. The first-order valence-electron chi connectivity index (χ1n) is 8.16. The number of nitrogens with one attached hydrogen (secondary N) is 1. The highest BCUT2D eigenvalue weighted by Crippen LogP contribution is 2.64. The Hall–Kier alpha value is -0.0400. The number of hydrogen-bond acceptors (Lipinski definition) is 1. The van der Waals surface area contributed by atoms with Crippen LogP contribution in [0.3, 0.4) is 0 Å². The van der Waals surface area contributed by atoms with E-state index in [9.17, 15) is 0 Å². The quantitative estimate of drug-likeness (QED) is 0.786. The molecular weight excluding hydrogens is 218 g/mol. The summed E-state index contributed by atoms with van der Waals surface area (Å²) in [7, 11) is 2.13. The van der Waals surface area contributed by atoms with E-state index in [1.807, 2.05) is 0 Å². The molecule has 0 aromatic heterocycles. The van der Waals surface area contributed by atoms with E-state index >= 15 is 0 Å². The second-order valence-electron chi connectivity index (χ2n) is 8.33. The van der Waals surface area contributed by atoms with E-state index in [0.29, 0.717) is 5.54 Å². The van der Waals surface area contributed by atoms with Crippen LogP contribution in [0, 0.1) is 29.1 Å². The van der Waals surface area contributed by atoms with Crippen molar-refractivity contribution >= 4 is 0 Å². The summed E-state index contributed by atoms with van der Waals surface area (Å²) in [6.07, 6.45) is 10.6. The van der Waals surface area contributed by atoms with Crippen LogP contribution in [0.1, 0.15) is 65.7 Å². The van der Waals surface area contributed by atoms with Gasteiger partial charge in [0.15, 0.2) is 0 Å². The lowest BCUT2D eigenvalue weighted by Crippen LogP contribution is -2.53. The molecule has 2 atom stereocenters. The van der Waals surface area contributed by atoms with Crippen molar-refractivity contribution in [1.82, 2.24) is 5.32 Å². The van der Waals surface area contributed by atoms with Crippen LogP contribution in [0.15, 0.2) is 0 Å². The number of rotatable bonds is 4. The van der Waals surface area contributed by atoms with Crippen LogP contribution in [0.5, 0.6) is 0 Å². The van der Waals surface area contributed by atoms with Crippen molar-refractivity contribution in [2.75, 3.05) is 7.05 Å². The van der Waals surface area contributed by atoms with Gasteiger partial charge in [-0.3, -0.25) is 0 Å². The van der Waals surface area contributed by atoms with Gasteiger partial charge in [-0.05, 0) is 88.5 Å². The Balaban J connectivity index is 1.76. The molecule has 0 aromatic rings. The molecule has 0 saturated heterocycles. The van der Waals surface area contributed by atoms with Gasteiger partial charge in [0, 0.05) is 5.54 Å². The lowest BCUT2D eigenvalue weighted by Gasteiger charge is -2.61. The molecule has 18 heavy (non-hydrogen) atoms. The van der Waals surface area contributed by atoms with Crippen molar-refractivity contribution in [3.05, 3.63) is 0 Å². The van der Waals surface area contributed by atoms with Crippen LogP contribution in [0.25, 0.3) is 0 Å². The predicted octanol–water partition coefficient (Wildman–Crippen LogP) is 4.23. The van der Waals surface area contributed by atoms with Crippen LogP contribution < -0.4 is 5.32 Å². The third-order valence-corrected chi connectivity index (χ3v) is 6.77. The maximum Gasteiger partial charge on any atom is 0.0125 e. The Bertz CT molecular complexity index is 304. The van der Waals surface area contributed by atoms with E-state index in [-0.39, 0.29) is 0 Å². The van der Waals surface area contributed by atoms with Crippen molar-refractivity contribution in [3.63, 3.8) is 0 Å². The number of hydrogen-bond donors (Lipinski definition) is 1. The van der Waals surface area contributed by atoms with Crippen molar-refractivity contribution in [3.8, 4) is 0 Å². The minimum absolute atomic E-state index is 0.333. The minimum Gasteiger partial charge on any atom is -0.315 e. The highest BCUT2D eigenvalue weighted by Gasteiger charge is 2.54. The van der Waals surface area contributed by atoms with E-state index in [0.717, 1.165) is 29.1 Å². The Morgan fingerprint density at radius 2 is 1.72 bits per heavy atom. The smallest absolute Gasteiger partial charge is 0.0125 e. The van der Waals surface area contributed by atoms with Crippen LogP contribution in [0.4, 0.5) is 0 Å². The summed E-state index contributed by atoms with van der Waals surface area (Å²) in [5.41, 5.74) is 1.11. The molecule has 0 amide bonds. The molecule has 4 aliphatic carbocycles. The zero-order valence-electron chi connectivity index (χ0n) is 12.8. The van der Waals surface area contributed by atoms with Gasteiger partial charge in [0.05, 0.1) is 0 Å². The monoisotopic (exact) mass is 249 g/mol. The zero-order valence-corrected chi connectivity index (χ0v) is 12.8. The van der Waals surface area contributed by atoms with Gasteiger partial charge in [-0.25, -0.2) is 0 Å². The standard InChI is InChI=1S/C17H31N/c1-5-17-8-12-6-13(9-17)15(14(7-12)10-17)11-16(2,3)18-4/h12-15,18H,5-11H2,1-4H3. The van der Waals surface area contributed by atoms with Gasteiger partial charge in [-0.15, -0.1) is 0 Å². The molecule has 1 heteroatoms. The minimum atomic E-state index is 0.333. The second-order valence-corrected chi connectivity index (χ2v) is 8.33. The largest absolute Gasteiger partial charge is 0.315 e. The summed E-state index contributed by atoms with van der Waals surface area (Å²) < 4.78 is 0. The Morgan fingerprint density at radius 1 is 1.11 bits per heavy atom. The average molecular weight is 249 g/mol. The fourth-order valence-electron chi connectivity index (χ4n) is 5.76. The van der Waals surface area contributed by atoms with Crippen LogP contribution in [-0.2, 0) is 0 Å². The van der Waals surface area contributed by atoms with Gasteiger partial charge in [-0.2, -0.15) is 0 Å². The summed E-state index contributed by atoms with van der Waals surface area (Å²) in [5, 5.41) is 3.52. The van der Waals surface area contributed by atoms with Crippen molar-refractivity contribution < 1.29 is 0 Å². The first-order chi connectivity index (χ1) is 8.47. The topological polar surface area (TPSA) is 12.0 Å². The van der Waals surface area contributed by atoms with Gasteiger partial charge in [0.2, 0.25) is 0 Å². The molecule has 0 spiro atoms. The fourth-order valence-corrected chi connectivity index (χ4v) is 5.76. The fraction of sp³-hybridized carbons (Fsp3) is 1.00. The molecule has 1 nitrogen and oxygen atoms in total. The molecule has 0 aliphatic heterocycles.